The Bertz CT molecular complexity index is 690. The minimum Gasteiger partial charge on any atom is -0.368 e. The van der Waals surface area contributed by atoms with Gasteiger partial charge in [-0.25, -0.2) is 4.98 Å². The largest absolute Gasteiger partial charge is 0.368 e. The SMILES string of the molecule is C=CC(C)c1n[nH]c2c1CN(c1cc(CC)nc(N)n1)CC2. The van der Waals surface area contributed by atoms with Crippen molar-refractivity contribution in [2.75, 3.05) is 17.2 Å². The highest BCUT2D eigenvalue weighted by molar-refractivity contribution is 5.47. The molecule has 0 aliphatic carbocycles. The van der Waals surface area contributed by atoms with Crippen molar-refractivity contribution < 1.29 is 0 Å². The van der Waals surface area contributed by atoms with Crippen LogP contribution >= 0.6 is 0 Å². The molecule has 6 nitrogen and oxygen atoms in total. The van der Waals surface area contributed by atoms with E-state index in [1.54, 1.807) is 0 Å². The van der Waals surface area contributed by atoms with Crippen LogP contribution in [0.5, 0.6) is 0 Å². The topological polar surface area (TPSA) is 83.7 Å². The second-order valence-electron chi connectivity index (χ2n) is 5.69. The molecule has 0 bridgehead atoms. The molecule has 1 aliphatic heterocycles. The molecule has 1 unspecified atom stereocenters. The quantitative estimate of drug-likeness (QED) is 0.845. The van der Waals surface area contributed by atoms with Gasteiger partial charge in [-0.1, -0.05) is 19.9 Å². The summed E-state index contributed by atoms with van der Waals surface area (Å²) in [6.45, 7) is 9.74. The molecule has 0 amide bonds. The molecule has 1 atom stereocenters. The fourth-order valence-electron chi connectivity index (χ4n) is 2.85. The van der Waals surface area contributed by atoms with Crippen LogP contribution in [0.1, 0.15) is 42.4 Å². The summed E-state index contributed by atoms with van der Waals surface area (Å²) in [5.74, 6) is 1.47. The van der Waals surface area contributed by atoms with Gasteiger partial charge in [0.2, 0.25) is 5.95 Å². The van der Waals surface area contributed by atoms with Gasteiger partial charge in [0.1, 0.15) is 5.82 Å². The predicted molar refractivity (Wildman–Crippen MR) is 87.8 cm³/mol. The van der Waals surface area contributed by atoms with Gasteiger partial charge in [-0.3, -0.25) is 5.10 Å². The van der Waals surface area contributed by atoms with E-state index in [4.69, 9.17) is 5.73 Å². The fourth-order valence-corrected chi connectivity index (χ4v) is 2.85. The lowest BCUT2D eigenvalue weighted by molar-refractivity contribution is 0.703. The summed E-state index contributed by atoms with van der Waals surface area (Å²) in [6.07, 6.45) is 3.70. The number of nitrogens with two attached hydrogens (primary N) is 1. The molecule has 0 fully saturated rings. The van der Waals surface area contributed by atoms with Crippen LogP contribution in [-0.2, 0) is 19.4 Å². The van der Waals surface area contributed by atoms with Crippen LogP contribution in [0, 0.1) is 0 Å². The number of nitrogen functional groups attached to an aromatic ring is 1. The average Bonchev–Trinajstić information content (AvgIpc) is 2.96. The summed E-state index contributed by atoms with van der Waals surface area (Å²) in [7, 11) is 0. The minimum atomic E-state index is 0.238. The molecule has 3 heterocycles. The summed E-state index contributed by atoms with van der Waals surface area (Å²) < 4.78 is 0. The van der Waals surface area contributed by atoms with Crippen molar-refractivity contribution in [2.24, 2.45) is 0 Å². The van der Waals surface area contributed by atoms with Crippen molar-refractivity contribution >= 4 is 11.8 Å². The fraction of sp³-hybridized carbons (Fsp3) is 0.438. The van der Waals surface area contributed by atoms with E-state index in [2.05, 4.69) is 45.5 Å². The molecular weight excluding hydrogens is 276 g/mol. The van der Waals surface area contributed by atoms with Gasteiger partial charge in [-0.05, 0) is 6.42 Å². The lowest BCUT2D eigenvalue weighted by atomic mass is 9.98. The van der Waals surface area contributed by atoms with Gasteiger partial charge < -0.3 is 10.6 Å². The van der Waals surface area contributed by atoms with Crippen LogP contribution in [-0.4, -0.2) is 26.7 Å². The second kappa shape index (κ2) is 5.79. The zero-order valence-corrected chi connectivity index (χ0v) is 13.1. The number of rotatable bonds is 4. The smallest absolute Gasteiger partial charge is 0.222 e. The molecule has 3 rings (SSSR count). The highest BCUT2D eigenvalue weighted by atomic mass is 15.2. The zero-order chi connectivity index (χ0) is 15.7. The van der Waals surface area contributed by atoms with E-state index in [9.17, 15) is 0 Å². The van der Waals surface area contributed by atoms with Crippen LogP contribution in [0.3, 0.4) is 0 Å². The number of fused-ring (bicyclic) bond motifs is 1. The van der Waals surface area contributed by atoms with Crippen molar-refractivity contribution in [3.05, 3.63) is 41.4 Å². The van der Waals surface area contributed by atoms with Gasteiger partial charge >= 0.3 is 0 Å². The molecule has 1 aliphatic rings. The molecule has 6 heteroatoms. The van der Waals surface area contributed by atoms with E-state index in [-0.39, 0.29) is 5.92 Å². The number of anilines is 2. The van der Waals surface area contributed by atoms with Crippen LogP contribution in [0.25, 0.3) is 0 Å². The number of hydrogen-bond acceptors (Lipinski definition) is 5. The first-order valence-electron chi connectivity index (χ1n) is 7.69. The Morgan fingerprint density at radius 2 is 2.32 bits per heavy atom. The maximum atomic E-state index is 5.84. The molecule has 0 aromatic carbocycles. The number of aromatic nitrogens is 4. The van der Waals surface area contributed by atoms with E-state index in [1.807, 2.05) is 12.1 Å². The molecule has 0 radical (unpaired) electrons. The molecule has 2 aromatic rings. The Hall–Kier alpha value is -2.37. The Labute approximate surface area is 130 Å². The predicted octanol–water partition coefficient (Wildman–Crippen LogP) is 2.20. The Morgan fingerprint density at radius 1 is 1.50 bits per heavy atom. The van der Waals surface area contributed by atoms with Crippen molar-refractivity contribution in [1.82, 2.24) is 20.2 Å². The van der Waals surface area contributed by atoms with E-state index < -0.39 is 0 Å². The van der Waals surface area contributed by atoms with Crippen molar-refractivity contribution in [1.29, 1.82) is 0 Å². The van der Waals surface area contributed by atoms with Gasteiger partial charge in [0.25, 0.3) is 0 Å². The Morgan fingerprint density at radius 3 is 3.05 bits per heavy atom. The maximum Gasteiger partial charge on any atom is 0.222 e. The highest BCUT2D eigenvalue weighted by Gasteiger charge is 2.24. The third-order valence-corrected chi connectivity index (χ3v) is 4.22. The summed E-state index contributed by atoms with van der Waals surface area (Å²) >= 11 is 0. The zero-order valence-electron chi connectivity index (χ0n) is 13.1. The number of hydrogen-bond donors (Lipinski definition) is 2. The first-order chi connectivity index (χ1) is 10.6. The minimum absolute atomic E-state index is 0.238. The maximum absolute atomic E-state index is 5.84. The van der Waals surface area contributed by atoms with Gasteiger partial charge in [0.15, 0.2) is 0 Å². The second-order valence-corrected chi connectivity index (χ2v) is 5.69. The van der Waals surface area contributed by atoms with Crippen molar-refractivity contribution in [3.8, 4) is 0 Å². The Balaban J connectivity index is 1.92. The van der Waals surface area contributed by atoms with Crippen LogP contribution in [0.4, 0.5) is 11.8 Å². The number of allylic oxidation sites excluding steroid dienone is 1. The third-order valence-electron chi connectivity index (χ3n) is 4.22. The average molecular weight is 298 g/mol. The molecular formula is C16H22N6. The first-order valence-corrected chi connectivity index (χ1v) is 7.69. The van der Waals surface area contributed by atoms with Crippen LogP contribution in [0.2, 0.25) is 0 Å². The van der Waals surface area contributed by atoms with Crippen molar-refractivity contribution in [2.45, 2.75) is 39.2 Å². The van der Waals surface area contributed by atoms with Gasteiger partial charge in [0, 0.05) is 48.4 Å². The first kappa shape index (κ1) is 14.6. The summed E-state index contributed by atoms with van der Waals surface area (Å²) in [4.78, 5) is 10.9. The normalized spacial score (nSPS) is 15.5. The number of aromatic amines is 1. The van der Waals surface area contributed by atoms with Gasteiger partial charge in [0.05, 0.1) is 5.69 Å². The van der Waals surface area contributed by atoms with E-state index in [1.165, 1.54) is 11.3 Å². The monoisotopic (exact) mass is 298 g/mol. The van der Waals surface area contributed by atoms with Gasteiger partial charge in [-0.15, -0.1) is 6.58 Å². The van der Waals surface area contributed by atoms with E-state index >= 15 is 0 Å². The molecule has 22 heavy (non-hydrogen) atoms. The summed E-state index contributed by atoms with van der Waals surface area (Å²) in [6, 6.07) is 2.03. The highest BCUT2D eigenvalue weighted by Crippen LogP contribution is 2.28. The lowest BCUT2D eigenvalue weighted by Crippen LogP contribution is -2.31. The number of nitrogens with one attached hydrogen (secondary N) is 1. The summed E-state index contributed by atoms with van der Waals surface area (Å²) in [5.41, 5.74) is 10.4. The molecule has 116 valence electrons. The molecule has 2 aromatic heterocycles. The molecule has 3 N–H and O–H groups in total. The standard InChI is InChI=1S/C16H22N6/c1-4-10(3)15-12-9-22(7-6-13(12)20-21-15)14-8-11(5-2)18-16(17)19-14/h4,8,10H,1,5-7,9H2,2-3H3,(H,20,21)(H2,17,18,19). The van der Waals surface area contributed by atoms with Crippen molar-refractivity contribution in [3.63, 3.8) is 0 Å². The molecule has 0 saturated heterocycles. The third kappa shape index (κ3) is 2.56. The van der Waals surface area contributed by atoms with Gasteiger partial charge in [-0.2, -0.15) is 10.1 Å². The molecule has 0 saturated carbocycles. The van der Waals surface area contributed by atoms with E-state index in [0.29, 0.717) is 5.95 Å². The van der Waals surface area contributed by atoms with Crippen LogP contribution < -0.4 is 10.6 Å². The molecule has 0 spiro atoms. The lowest BCUT2D eigenvalue weighted by Gasteiger charge is -2.28. The Kier molecular flexibility index (Phi) is 3.83. The van der Waals surface area contributed by atoms with Crippen LogP contribution in [0.15, 0.2) is 18.7 Å². The number of aryl methyl sites for hydroxylation is 1. The van der Waals surface area contributed by atoms with E-state index in [0.717, 1.165) is 43.1 Å². The summed E-state index contributed by atoms with van der Waals surface area (Å²) in [5, 5.41) is 7.63. The number of nitrogens with zero attached hydrogens (tertiary/aromatic N) is 4. The number of H-pyrrole nitrogens is 1.